The fraction of sp³-hybridized carbons (Fsp3) is 0.355. The van der Waals surface area contributed by atoms with Crippen LogP contribution in [-0.4, -0.2) is 67.0 Å². The van der Waals surface area contributed by atoms with E-state index in [1.54, 1.807) is 24.4 Å². The number of hydrogen-bond donors (Lipinski definition) is 4. The number of thiophene rings is 1. The Morgan fingerprint density at radius 3 is 2.62 bits per heavy atom. The molecule has 42 heavy (non-hydrogen) atoms. The number of carbonyl (C=O) groups excluding carboxylic acids is 3. The van der Waals surface area contributed by atoms with Crippen molar-refractivity contribution in [2.24, 2.45) is 5.73 Å². The van der Waals surface area contributed by atoms with E-state index in [0.29, 0.717) is 11.1 Å². The molecule has 5 rings (SSSR count). The van der Waals surface area contributed by atoms with Crippen molar-refractivity contribution in [1.82, 2.24) is 15.5 Å². The van der Waals surface area contributed by atoms with Gasteiger partial charge in [0, 0.05) is 40.8 Å². The second kappa shape index (κ2) is 11.7. The van der Waals surface area contributed by atoms with Gasteiger partial charge in [0.05, 0.1) is 25.7 Å². The molecule has 11 heteroatoms. The zero-order chi connectivity index (χ0) is 30.2. The summed E-state index contributed by atoms with van der Waals surface area (Å²) in [6.07, 6.45) is -0.232. The molecule has 1 aromatic heterocycles. The van der Waals surface area contributed by atoms with Gasteiger partial charge in [-0.1, -0.05) is 37.3 Å². The third-order valence-corrected chi connectivity index (χ3v) is 9.15. The van der Waals surface area contributed by atoms with Crippen LogP contribution in [0.3, 0.4) is 0 Å². The third kappa shape index (κ3) is 5.66. The quantitative estimate of drug-likeness (QED) is 0.222. The molecular weight excluding hydrogens is 557 g/mol. The molecule has 9 nitrogen and oxygen atoms in total. The van der Waals surface area contributed by atoms with Crippen LogP contribution in [0.4, 0.5) is 4.39 Å². The second-order valence-electron chi connectivity index (χ2n) is 11.0. The predicted molar refractivity (Wildman–Crippen MR) is 159 cm³/mol. The Balaban J connectivity index is 1.27. The smallest absolute Gasteiger partial charge is 0.251 e. The number of alkyl halides is 1. The zero-order valence-corrected chi connectivity index (χ0v) is 24.5. The molecule has 2 unspecified atom stereocenters. The standard InChI is InChI=1S/C31H34FN5O4S/c1-17-21-6-4-5-7-23(21)24-10-19(8-9-22(17)24)29(39)35-13-27(38)37-15-31(32,16-41-3)12-25(37)30(40)36-18(2)26-11-20(14-42-26)28(33)34/h4-11,14,17-18,25H,12-13,15-16H2,1-3H3,(H3,33,34)(H,35,39)(H,36,40)/t17?,18?,25-,31+/m0/s1. The predicted octanol–water partition coefficient (Wildman–Crippen LogP) is 3.73. The SMILES string of the molecule is COC[C@@]1(F)C[C@@H](C(=O)NC(C)c2cc(C(=N)N)cs2)N(C(=O)CNC(=O)c2ccc3c(c2)-c2ccccc2C3C)C1. The lowest BCUT2D eigenvalue weighted by atomic mass is 9.98. The summed E-state index contributed by atoms with van der Waals surface area (Å²) in [5.41, 5.74) is 9.03. The number of amidine groups is 1. The summed E-state index contributed by atoms with van der Waals surface area (Å²) in [7, 11) is 1.36. The van der Waals surface area contributed by atoms with Crippen LogP contribution in [0.2, 0.25) is 0 Å². The van der Waals surface area contributed by atoms with Crippen molar-refractivity contribution in [1.29, 1.82) is 5.41 Å². The first-order valence-corrected chi connectivity index (χ1v) is 14.6. The Bertz CT molecular complexity index is 1560. The van der Waals surface area contributed by atoms with Crippen molar-refractivity contribution in [2.75, 3.05) is 26.8 Å². The van der Waals surface area contributed by atoms with Gasteiger partial charge in [0.25, 0.3) is 5.91 Å². The minimum atomic E-state index is -1.91. The number of nitrogens with zero attached hydrogens (tertiary/aromatic N) is 1. The first kappa shape index (κ1) is 29.4. The highest BCUT2D eigenvalue weighted by Gasteiger charge is 2.49. The van der Waals surface area contributed by atoms with E-state index in [2.05, 4.69) is 23.6 Å². The third-order valence-electron chi connectivity index (χ3n) is 8.03. The fourth-order valence-corrected chi connectivity index (χ4v) is 6.77. The minimum Gasteiger partial charge on any atom is -0.384 e. The minimum absolute atomic E-state index is 0.0771. The van der Waals surface area contributed by atoms with E-state index in [9.17, 15) is 14.4 Å². The van der Waals surface area contributed by atoms with E-state index in [0.717, 1.165) is 21.6 Å². The number of nitrogens with two attached hydrogens (primary N) is 1. The summed E-state index contributed by atoms with van der Waals surface area (Å²) in [5.74, 6) is -1.37. The molecule has 0 bridgehead atoms. The molecule has 2 aliphatic rings. The summed E-state index contributed by atoms with van der Waals surface area (Å²) in [6, 6.07) is 13.8. The average molecular weight is 592 g/mol. The maximum Gasteiger partial charge on any atom is 0.251 e. The van der Waals surface area contributed by atoms with Crippen LogP contribution in [0.25, 0.3) is 11.1 Å². The first-order chi connectivity index (χ1) is 20.0. The van der Waals surface area contributed by atoms with Crippen LogP contribution >= 0.6 is 11.3 Å². The number of hydrogen-bond acceptors (Lipinski definition) is 6. The first-order valence-electron chi connectivity index (χ1n) is 13.7. The molecule has 5 N–H and O–H groups in total. The van der Waals surface area contributed by atoms with Crippen LogP contribution in [0, 0.1) is 5.41 Å². The van der Waals surface area contributed by atoms with E-state index >= 15 is 4.39 Å². The summed E-state index contributed by atoms with van der Waals surface area (Å²) in [4.78, 5) is 41.6. The van der Waals surface area contributed by atoms with Crippen LogP contribution in [0.1, 0.15) is 64.2 Å². The lowest BCUT2D eigenvalue weighted by Gasteiger charge is -2.25. The summed E-state index contributed by atoms with van der Waals surface area (Å²) in [5, 5.41) is 14.8. The maximum atomic E-state index is 15.6. The number of rotatable bonds is 9. The lowest BCUT2D eigenvalue weighted by molar-refractivity contribution is -0.138. The molecule has 1 aliphatic heterocycles. The molecule has 1 aliphatic carbocycles. The number of ether oxygens (including phenoxy) is 1. The molecular formula is C31H34FN5O4S. The molecule has 3 amide bonds. The van der Waals surface area contributed by atoms with Gasteiger partial charge in [-0.25, -0.2) is 4.39 Å². The van der Waals surface area contributed by atoms with Crippen LogP contribution in [0.15, 0.2) is 53.9 Å². The molecule has 2 aromatic carbocycles. The van der Waals surface area contributed by atoms with Gasteiger partial charge in [-0.15, -0.1) is 11.3 Å². The van der Waals surface area contributed by atoms with E-state index in [4.69, 9.17) is 15.9 Å². The highest BCUT2D eigenvalue weighted by molar-refractivity contribution is 7.10. The van der Waals surface area contributed by atoms with Crippen LogP contribution < -0.4 is 16.4 Å². The fourth-order valence-electron chi connectivity index (χ4n) is 5.85. The van der Waals surface area contributed by atoms with Crippen molar-refractivity contribution in [2.45, 2.75) is 43.9 Å². The summed E-state index contributed by atoms with van der Waals surface area (Å²) >= 11 is 1.34. The number of methoxy groups -OCH3 is 1. The van der Waals surface area contributed by atoms with E-state index in [-0.39, 0.29) is 31.3 Å². The van der Waals surface area contributed by atoms with Gasteiger partial charge in [0.15, 0.2) is 5.67 Å². The molecule has 4 atom stereocenters. The molecule has 2 heterocycles. The second-order valence-corrected chi connectivity index (χ2v) is 11.9. The van der Waals surface area contributed by atoms with Gasteiger partial charge < -0.3 is 26.0 Å². The van der Waals surface area contributed by atoms with E-state index < -0.39 is 42.0 Å². The van der Waals surface area contributed by atoms with Gasteiger partial charge in [-0.05, 0) is 47.4 Å². The topological polar surface area (TPSA) is 138 Å². The Morgan fingerprint density at radius 2 is 1.90 bits per heavy atom. The number of nitrogen functional groups attached to an aromatic ring is 1. The number of amides is 3. The molecule has 3 aromatic rings. The lowest BCUT2D eigenvalue weighted by Crippen LogP contribution is -2.49. The monoisotopic (exact) mass is 591 g/mol. The van der Waals surface area contributed by atoms with E-state index in [1.165, 1.54) is 28.9 Å². The van der Waals surface area contributed by atoms with Crippen molar-refractivity contribution < 1.29 is 23.5 Å². The Morgan fingerprint density at radius 1 is 1.17 bits per heavy atom. The zero-order valence-electron chi connectivity index (χ0n) is 23.7. The number of nitrogens with one attached hydrogen (secondary N) is 3. The molecule has 0 saturated carbocycles. The number of fused-ring (bicyclic) bond motifs is 3. The number of benzene rings is 2. The van der Waals surface area contributed by atoms with Gasteiger partial charge >= 0.3 is 0 Å². The number of halogens is 1. The highest BCUT2D eigenvalue weighted by Crippen LogP contribution is 2.44. The van der Waals surface area contributed by atoms with Gasteiger partial charge in [-0.2, -0.15) is 0 Å². The van der Waals surface area contributed by atoms with Crippen molar-refractivity contribution >= 4 is 34.9 Å². The Kier molecular flexibility index (Phi) is 8.16. The van der Waals surface area contributed by atoms with Crippen molar-refractivity contribution in [3.63, 3.8) is 0 Å². The van der Waals surface area contributed by atoms with Crippen LogP contribution in [0.5, 0.6) is 0 Å². The molecule has 0 spiro atoms. The maximum absolute atomic E-state index is 15.6. The largest absolute Gasteiger partial charge is 0.384 e. The van der Waals surface area contributed by atoms with Gasteiger partial charge in [0.1, 0.15) is 11.9 Å². The highest BCUT2D eigenvalue weighted by atomic mass is 32.1. The Labute approximate surface area is 247 Å². The van der Waals surface area contributed by atoms with Gasteiger partial charge in [0.2, 0.25) is 11.8 Å². The molecule has 1 saturated heterocycles. The number of likely N-dealkylation sites (tertiary alicyclic amines) is 1. The summed E-state index contributed by atoms with van der Waals surface area (Å²) in [6.45, 7) is 2.90. The van der Waals surface area contributed by atoms with Gasteiger partial charge in [-0.3, -0.25) is 19.8 Å². The van der Waals surface area contributed by atoms with Crippen molar-refractivity contribution in [3.8, 4) is 11.1 Å². The van der Waals surface area contributed by atoms with E-state index in [1.807, 2.05) is 30.3 Å². The molecule has 0 radical (unpaired) electrons. The van der Waals surface area contributed by atoms with Crippen LogP contribution in [-0.2, 0) is 14.3 Å². The average Bonchev–Trinajstić information content (AvgIpc) is 3.67. The molecule has 1 fully saturated rings. The number of carbonyl (C=O) groups is 3. The normalized spacial score (nSPS) is 21.4. The summed E-state index contributed by atoms with van der Waals surface area (Å²) < 4.78 is 20.6. The Hall–Kier alpha value is -4.09. The molecule has 220 valence electrons. The van der Waals surface area contributed by atoms with Crippen molar-refractivity contribution in [3.05, 3.63) is 81.0 Å².